The molecule has 2 unspecified atom stereocenters. The van der Waals surface area contributed by atoms with Gasteiger partial charge in [0.1, 0.15) is 0 Å². The molecule has 1 aliphatic heterocycles. The fraction of sp³-hybridized carbons (Fsp3) is 1.00. The molecule has 2 saturated carbocycles. The molecule has 21 heavy (non-hydrogen) atoms. The first-order chi connectivity index (χ1) is 10.1. The van der Waals surface area contributed by atoms with Crippen molar-refractivity contribution in [3.05, 3.63) is 0 Å². The number of rotatable bonds is 4. The lowest BCUT2D eigenvalue weighted by atomic mass is 9.72. The Kier molecular flexibility index (Phi) is 4.60. The fourth-order valence-electron chi connectivity index (χ4n) is 5.47. The molecular weight excluding hydrogens is 262 g/mol. The topological polar surface area (TPSA) is 50.5 Å². The number of hydrogen-bond acceptors (Lipinski definition) is 4. The first-order valence-corrected chi connectivity index (χ1v) is 8.89. The molecule has 0 amide bonds. The number of nitrogens with two attached hydrogens (primary N) is 1. The third kappa shape index (κ3) is 2.76. The van der Waals surface area contributed by atoms with Gasteiger partial charge < -0.3 is 9.64 Å². The summed E-state index contributed by atoms with van der Waals surface area (Å²) in [5, 5.41) is 0. The maximum absolute atomic E-state index is 6.23. The van der Waals surface area contributed by atoms with Crippen LogP contribution in [0.25, 0.3) is 0 Å². The third-order valence-electron chi connectivity index (χ3n) is 6.64. The quantitative estimate of drug-likeness (QED) is 0.618. The van der Waals surface area contributed by atoms with E-state index in [0.29, 0.717) is 12.0 Å². The summed E-state index contributed by atoms with van der Waals surface area (Å²) in [4.78, 5) is 2.45. The van der Waals surface area contributed by atoms with Crippen molar-refractivity contribution >= 4 is 0 Å². The van der Waals surface area contributed by atoms with Gasteiger partial charge in [0.25, 0.3) is 0 Å². The highest BCUT2D eigenvalue weighted by molar-refractivity contribution is 5.06. The second-order valence-corrected chi connectivity index (χ2v) is 7.84. The van der Waals surface area contributed by atoms with Crippen LogP contribution in [0.3, 0.4) is 0 Å². The summed E-state index contributed by atoms with van der Waals surface area (Å²) in [6.07, 6.45) is 12.8. The fourth-order valence-corrected chi connectivity index (χ4v) is 5.47. The van der Waals surface area contributed by atoms with Gasteiger partial charge in [-0.2, -0.15) is 0 Å². The lowest BCUT2D eigenvalue weighted by Gasteiger charge is -2.50. The molecule has 3 fully saturated rings. The number of hydrogen-bond donors (Lipinski definition) is 2. The predicted molar refractivity (Wildman–Crippen MR) is 85.9 cm³/mol. The van der Waals surface area contributed by atoms with E-state index in [4.69, 9.17) is 10.6 Å². The highest BCUT2D eigenvalue weighted by atomic mass is 16.5. The molecule has 1 saturated heterocycles. The number of likely N-dealkylation sites (N-methyl/N-ethyl adjacent to an activating group) is 1. The Morgan fingerprint density at radius 1 is 1.10 bits per heavy atom. The number of nitrogens with zero attached hydrogens (tertiary/aromatic N) is 1. The highest BCUT2D eigenvalue weighted by Gasteiger charge is 2.50. The molecule has 1 heterocycles. The molecule has 3 rings (SSSR count). The van der Waals surface area contributed by atoms with Crippen LogP contribution in [0.5, 0.6) is 0 Å². The van der Waals surface area contributed by atoms with E-state index in [-0.39, 0.29) is 11.1 Å². The molecule has 1 spiro atoms. The molecule has 3 aliphatic rings. The Morgan fingerprint density at radius 3 is 2.29 bits per heavy atom. The molecule has 0 radical (unpaired) electrons. The van der Waals surface area contributed by atoms with E-state index in [9.17, 15) is 0 Å². The summed E-state index contributed by atoms with van der Waals surface area (Å²) in [7, 11) is 4.47. The largest absolute Gasteiger partial charge is 0.375 e. The van der Waals surface area contributed by atoms with Gasteiger partial charge in [0, 0.05) is 18.2 Å². The second-order valence-electron chi connectivity index (χ2n) is 7.84. The van der Waals surface area contributed by atoms with Gasteiger partial charge in [0.15, 0.2) is 0 Å². The van der Waals surface area contributed by atoms with Gasteiger partial charge in [0.05, 0.1) is 5.60 Å². The second kappa shape index (κ2) is 6.15. The Hall–Kier alpha value is -0.160. The molecule has 4 heteroatoms. The minimum Gasteiger partial charge on any atom is -0.375 e. The normalized spacial score (nSPS) is 32.9. The average molecular weight is 295 g/mol. The van der Waals surface area contributed by atoms with E-state index in [1.165, 1.54) is 57.8 Å². The summed E-state index contributed by atoms with van der Waals surface area (Å²) >= 11 is 0. The van der Waals surface area contributed by atoms with Crippen molar-refractivity contribution in [3.8, 4) is 0 Å². The molecule has 0 aromatic rings. The number of nitrogens with one attached hydrogen (secondary N) is 1. The van der Waals surface area contributed by atoms with Gasteiger partial charge in [-0.05, 0) is 58.5 Å². The van der Waals surface area contributed by atoms with Crippen molar-refractivity contribution in [1.29, 1.82) is 0 Å². The van der Waals surface area contributed by atoms with Gasteiger partial charge in [-0.25, -0.2) is 0 Å². The highest BCUT2D eigenvalue weighted by Crippen LogP contribution is 2.47. The minimum absolute atomic E-state index is 0.185. The standard InChI is InChI=1S/C17H33N3O/c1-20(2)17(10-5-6-11-17)15(19-18)14-7-12-21-16(13-14)8-3-4-9-16/h14-15,19H,3-13,18H2,1-2H3. The van der Waals surface area contributed by atoms with Crippen LogP contribution in [0.15, 0.2) is 0 Å². The van der Waals surface area contributed by atoms with Crippen LogP contribution in [0.4, 0.5) is 0 Å². The summed E-state index contributed by atoms with van der Waals surface area (Å²) < 4.78 is 6.23. The molecule has 0 aromatic carbocycles. The van der Waals surface area contributed by atoms with E-state index >= 15 is 0 Å². The summed E-state index contributed by atoms with van der Waals surface area (Å²) in [6, 6.07) is 0.399. The van der Waals surface area contributed by atoms with E-state index < -0.39 is 0 Å². The first-order valence-electron chi connectivity index (χ1n) is 8.89. The van der Waals surface area contributed by atoms with Gasteiger partial charge in [0.2, 0.25) is 0 Å². The third-order valence-corrected chi connectivity index (χ3v) is 6.64. The van der Waals surface area contributed by atoms with Gasteiger partial charge >= 0.3 is 0 Å². The van der Waals surface area contributed by atoms with Crippen LogP contribution in [-0.4, -0.2) is 42.8 Å². The van der Waals surface area contributed by atoms with E-state index in [0.717, 1.165) is 13.0 Å². The van der Waals surface area contributed by atoms with Crippen LogP contribution in [0.2, 0.25) is 0 Å². The molecule has 122 valence electrons. The molecule has 0 bridgehead atoms. The Bertz CT molecular complexity index is 346. The van der Waals surface area contributed by atoms with Crippen molar-refractivity contribution in [1.82, 2.24) is 10.3 Å². The number of hydrazine groups is 1. The minimum atomic E-state index is 0.185. The van der Waals surface area contributed by atoms with Gasteiger partial charge in [-0.3, -0.25) is 11.3 Å². The smallest absolute Gasteiger partial charge is 0.0685 e. The maximum Gasteiger partial charge on any atom is 0.0685 e. The monoisotopic (exact) mass is 295 g/mol. The van der Waals surface area contributed by atoms with Crippen LogP contribution < -0.4 is 11.3 Å². The lowest BCUT2D eigenvalue weighted by Crippen LogP contribution is -2.63. The van der Waals surface area contributed by atoms with Gasteiger partial charge in [-0.15, -0.1) is 0 Å². The summed E-state index contributed by atoms with van der Waals surface area (Å²) in [5.41, 5.74) is 3.68. The summed E-state index contributed by atoms with van der Waals surface area (Å²) in [5.74, 6) is 6.73. The Labute approximate surface area is 129 Å². The Balaban J connectivity index is 1.78. The molecule has 2 aliphatic carbocycles. The molecule has 4 nitrogen and oxygen atoms in total. The Morgan fingerprint density at radius 2 is 1.71 bits per heavy atom. The van der Waals surface area contributed by atoms with Crippen molar-refractivity contribution in [2.75, 3.05) is 20.7 Å². The molecular formula is C17H33N3O. The molecule has 0 aromatic heterocycles. The zero-order valence-electron chi connectivity index (χ0n) is 13.9. The van der Waals surface area contributed by atoms with Crippen LogP contribution in [0, 0.1) is 5.92 Å². The van der Waals surface area contributed by atoms with Crippen LogP contribution in [0.1, 0.15) is 64.2 Å². The van der Waals surface area contributed by atoms with Crippen molar-refractivity contribution in [3.63, 3.8) is 0 Å². The zero-order chi connectivity index (χ0) is 14.9. The van der Waals surface area contributed by atoms with Crippen molar-refractivity contribution in [2.45, 2.75) is 81.4 Å². The van der Waals surface area contributed by atoms with E-state index in [2.05, 4.69) is 24.4 Å². The van der Waals surface area contributed by atoms with Crippen molar-refractivity contribution in [2.24, 2.45) is 11.8 Å². The zero-order valence-corrected chi connectivity index (χ0v) is 13.9. The van der Waals surface area contributed by atoms with Crippen LogP contribution >= 0.6 is 0 Å². The summed E-state index contributed by atoms with van der Waals surface area (Å²) in [6.45, 7) is 0.923. The SMILES string of the molecule is CN(C)C1(C(NN)C2CCOC3(CCCC3)C2)CCCC1. The van der Waals surface area contributed by atoms with E-state index in [1.807, 2.05) is 0 Å². The van der Waals surface area contributed by atoms with Gasteiger partial charge in [-0.1, -0.05) is 25.7 Å². The average Bonchev–Trinajstić information content (AvgIpc) is 3.11. The predicted octanol–water partition coefficient (Wildman–Crippen LogP) is 2.43. The first kappa shape index (κ1) is 15.7. The lowest BCUT2D eigenvalue weighted by molar-refractivity contribution is -0.107. The van der Waals surface area contributed by atoms with E-state index in [1.54, 1.807) is 0 Å². The maximum atomic E-state index is 6.23. The number of ether oxygens (including phenoxy) is 1. The van der Waals surface area contributed by atoms with Crippen molar-refractivity contribution < 1.29 is 4.74 Å². The molecule has 2 atom stereocenters. The molecule has 3 N–H and O–H groups in total. The van der Waals surface area contributed by atoms with Crippen LogP contribution in [-0.2, 0) is 4.74 Å².